The Balaban J connectivity index is 1.48. The summed E-state index contributed by atoms with van der Waals surface area (Å²) in [6, 6.07) is 14.6. The van der Waals surface area contributed by atoms with E-state index in [0.717, 1.165) is 0 Å². The first-order chi connectivity index (χ1) is 14.5. The minimum Gasteiger partial charge on any atom is -0.497 e. The zero-order chi connectivity index (χ0) is 21.5. The Bertz CT molecular complexity index is 911. The quantitative estimate of drug-likeness (QED) is 0.431. The Morgan fingerprint density at radius 1 is 1.17 bits per heavy atom. The molecule has 158 valence electrons. The second-order valence-electron chi connectivity index (χ2n) is 6.49. The Kier molecular flexibility index (Phi) is 7.28. The molecule has 0 aromatic heterocycles. The lowest BCUT2D eigenvalue weighted by atomic mass is 10.1. The molecule has 3 rings (SSSR count). The number of ether oxygens (including phenoxy) is 1. The smallest absolute Gasteiger partial charge is 0.252 e. The van der Waals surface area contributed by atoms with E-state index in [1.807, 2.05) is 0 Å². The van der Waals surface area contributed by atoms with Crippen LogP contribution in [0.2, 0.25) is 0 Å². The molecule has 2 aromatic rings. The number of hydrogen-bond donors (Lipinski definition) is 5. The number of carbonyl (C=O) groups is 3. The summed E-state index contributed by atoms with van der Waals surface area (Å²) in [4.78, 5) is 36.9. The lowest BCUT2D eigenvalue weighted by Gasteiger charge is -2.35. The molecular weight excluding hydrogens is 406 g/mol. The number of nitrogens with one attached hydrogen (secondary N) is 4. The van der Waals surface area contributed by atoms with Crippen LogP contribution in [-0.4, -0.2) is 48.3 Å². The van der Waals surface area contributed by atoms with Crippen LogP contribution in [0.4, 0.5) is 5.69 Å². The van der Waals surface area contributed by atoms with E-state index in [2.05, 4.69) is 21.3 Å². The SMILES string of the molecule is COc1cccc(NC(=O)CSC2NC(=O)C(NC(=O)c3ccccc3)C(N)N2)c1. The van der Waals surface area contributed by atoms with Gasteiger partial charge in [0.25, 0.3) is 5.91 Å². The fraction of sp³-hybridized carbons (Fsp3) is 0.250. The van der Waals surface area contributed by atoms with Gasteiger partial charge in [0.1, 0.15) is 17.3 Å². The number of amides is 3. The van der Waals surface area contributed by atoms with Gasteiger partial charge in [-0.1, -0.05) is 24.3 Å². The minimum absolute atomic E-state index is 0.0862. The summed E-state index contributed by atoms with van der Waals surface area (Å²) in [5.41, 5.74) is 6.52. The van der Waals surface area contributed by atoms with Crippen molar-refractivity contribution in [2.24, 2.45) is 5.73 Å². The minimum atomic E-state index is -0.930. The van der Waals surface area contributed by atoms with E-state index >= 15 is 0 Å². The van der Waals surface area contributed by atoms with Crippen LogP contribution in [-0.2, 0) is 9.59 Å². The average Bonchev–Trinajstić information content (AvgIpc) is 2.75. The number of nitrogens with two attached hydrogens (primary N) is 1. The third-order valence-corrected chi connectivity index (χ3v) is 5.33. The molecule has 0 aliphatic carbocycles. The van der Waals surface area contributed by atoms with Gasteiger partial charge in [0.15, 0.2) is 0 Å². The molecule has 1 saturated heterocycles. The standard InChI is InChI=1S/C20H23N5O4S/c1-29-14-9-5-8-13(10-14)22-15(26)11-30-20-24-17(21)16(19(28)25-20)23-18(27)12-6-3-2-4-7-12/h2-10,16-17,20,24H,11,21H2,1H3,(H,22,26)(H,23,27)(H,25,28). The van der Waals surface area contributed by atoms with Crippen LogP contribution in [0.1, 0.15) is 10.4 Å². The van der Waals surface area contributed by atoms with Crippen LogP contribution in [0.5, 0.6) is 5.75 Å². The molecule has 0 bridgehead atoms. The van der Waals surface area contributed by atoms with Crippen molar-refractivity contribution in [3.8, 4) is 5.75 Å². The monoisotopic (exact) mass is 429 g/mol. The van der Waals surface area contributed by atoms with Crippen molar-refractivity contribution in [1.82, 2.24) is 16.0 Å². The van der Waals surface area contributed by atoms with Crippen LogP contribution >= 0.6 is 11.8 Å². The summed E-state index contributed by atoms with van der Waals surface area (Å²) < 4.78 is 5.12. The summed E-state index contributed by atoms with van der Waals surface area (Å²) in [6.07, 6.45) is -0.801. The van der Waals surface area contributed by atoms with Gasteiger partial charge in [-0.25, -0.2) is 0 Å². The van der Waals surface area contributed by atoms with E-state index in [9.17, 15) is 14.4 Å². The van der Waals surface area contributed by atoms with Gasteiger partial charge in [0.05, 0.1) is 19.0 Å². The van der Waals surface area contributed by atoms with Crippen LogP contribution in [0.15, 0.2) is 54.6 Å². The molecule has 1 heterocycles. The van der Waals surface area contributed by atoms with Gasteiger partial charge in [-0.2, -0.15) is 0 Å². The number of anilines is 1. The zero-order valence-corrected chi connectivity index (χ0v) is 17.1. The molecule has 0 saturated carbocycles. The van der Waals surface area contributed by atoms with Crippen LogP contribution in [0.25, 0.3) is 0 Å². The maximum absolute atomic E-state index is 12.4. The first-order valence-electron chi connectivity index (χ1n) is 9.19. The van der Waals surface area contributed by atoms with Crippen molar-refractivity contribution in [2.75, 3.05) is 18.2 Å². The fourth-order valence-corrected chi connectivity index (χ4v) is 3.65. The van der Waals surface area contributed by atoms with Crippen molar-refractivity contribution in [1.29, 1.82) is 0 Å². The van der Waals surface area contributed by atoms with E-state index in [0.29, 0.717) is 17.0 Å². The van der Waals surface area contributed by atoms with Crippen molar-refractivity contribution in [3.63, 3.8) is 0 Å². The largest absolute Gasteiger partial charge is 0.497 e. The van der Waals surface area contributed by atoms with Gasteiger partial charge in [0, 0.05) is 17.3 Å². The predicted molar refractivity (Wildman–Crippen MR) is 115 cm³/mol. The Labute approximate surface area is 178 Å². The molecule has 1 fully saturated rings. The highest BCUT2D eigenvalue weighted by molar-refractivity contribution is 8.00. The summed E-state index contributed by atoms with van der Waals surface area (Å²) in [5.74, 6) is -0.329. The maximum Gasteiger partial charge on any atom is 0.252 e. The molecule has 0 radical (unpaired) electrons. The normalized spacial score (nSPS) is 20.7. The summed E-state index contributed by atoms with van der Waals surface area (Å²) in [6.45, 7) is 0. The first-order valence-corrected chi connectivity index (χ1v) is 10.2. The topological polar surface area (TPSA) is 135 Å². The molecule has 3 unspecified atom stereocenters. The lowest BCUT2D eigenvalue weighted by Crippen LogP contribution is -2.70. The van der Waals surface area contributed by atoms with E-state index in [4.69, 9.17) is 10.5 Å². The molecule has 2 aromatic carbocycles. The molecule has 6 N–H and O–H groups in total. The Morgan fingerprint density at radius 3 is 2.63 bits per heavy atom. The van der Waals surface area contributed by atoms with Crippen molar-refractivity contribution >= 4 is 35.2 Å². The van der Waals surface area contributed by atoms with E-state index in [1.165, 1.54) is 11.8 Å². The second kappa shape index (κ2) is 10.1. The zero-order valence-electron chi connectivity index (χ0n) is 16.3. The number of benzene rings is 2. The summed E-state index contributed by atoms with van der Waals surface area (Å²) in [5, 5.41) is 11.1. The number of carbonyl (C=O) groups excluding carboxylic acids is 3. The van der Waals surface area contributed by atoms with Gasteiger partial charge in [-0.15, -0.1) is 11.8 Å². The fourth-order valence-electron chi connectivity index (χ4n) is 2.81. The molecular formula is C20H23N5O4S. The molecule has 0 spiro atoms. The van der Waals surface area contributed by atoms with Gasteiger partial charge >= 0.3 is 0 Å². The van der Waals surface area contributed by atoms with Gasteiger partial charge in [0.2, 0.25) is 11.8 Å². The highest BCUT2D eigenvalue weighted by atomic mass is 32.2. The van der Waals surface area contributed by atoms with Gasteiger partial charge < -0.3 is 26.4 Å². The molecule has 3 atom stereocenters. The molecule has 1 aliphatic heterocycles. The van der Waals surface area contributed by atoms with Crippen molar-refractivity contribution < 1.29 is 19.1 Å². The van der Waals surface area contributed by atoms with E-state index in [1.54, 1.807) is 61.7 Å². The van der Waals surface area contributed by atoms with E-state index in [-0.39, 0.29) is 11.7 Å². The molecule has 1 aliphatic rings. The summed E-state index contributed by atoms with van der Waals surface area (Å²) >= 11 is 1.18. The predicted octanol–water partition coefficient (Wildman–Crippen LogP) is 0.453. The molecule has 30 heavy (non-hydrogen) atoms. The third kappa shape index (κ3) is 5.72. The number of hydrogen-bond acceptors (Lipinski definition) is 7. The van der Waals surface area contributed by atoms with Crippen LogP contribution in [0, 0.1) is 0 Å². The van der Waals surface area contributed by atoms with Gasteiger partial charge in [-0.05, 0) is 24.3 Å². The van der Waals surface area contributed by atoms with Crippen LogP contribution in [0.3, 0.4) is 0 Å². The Hall–Kier alpha value is -3.08. The first kappa shape index (κ1) is 21.6. The highest BCUT2D eigenvalue weighted by Crippen LogP contribution is 2.18. The highest BCUT2D eigenvalue weighted by Gasteiger charge is 2.35. The van der Waals surface area contributed by atoms with Crippen molar-refractivity contribution in [2.45, 2.75) is 17.7 Å². The Morgan fingerprint density at radius 2 is 1.93 bits per heavy atom. The number of thioether (sulfide) groups is 1. The maximum atomic E-state index is 12.4. The number of rotatable bonds is 7. The molecule has 9 nitrogen and oxygen atoms in total. The van der Waals surface area contributed by atoms with Crippen LogP contribution < -0.4 is 31.7 Å². The van der Waals surface area contributed by atoms with Gasteiger partial charge in [-0.3, -0.25) is 19.7 Å². The second-order valence-corrected chi connectivity index (χ2v) is 7.58. The number of methoxy groups -OCH3 is 1. The third-order valence-electron chi connectivity index (χ3n) is 4.32. The molecule has 3 amide bonds. The van der Waals surface area contributed by atoms with E-state index < -0.39 is 29.5 Å². The molecule has 10 heteroatoms. The lowest BCUT2D eigenvalue weighted by molar-refractivity contribution is -0.125. The van der Waals surface area contributed by atoms with Crippen molar-refractivity contribution in [3.05, 3.63) is 60.2 Å². The average molecular weight is 430 g/mol. The summed E-state index contributed by atoms with van der Waals surface area (Å²) in [7, 11) is 1.55.